The zero-order valence-electron chi connectivity index (χ0n) is 16.6. The molecule has 2 aromatic carbocycles. The Morgan fingerprint density at radius 1 is 1.07 bits per heavy atom. The lowest BCUT2D eigenvalue weighted by Gasteiger charge is -2.21. The zero-order valence-corrected chi connectivity index (χ0v) is 18.2. The van der Waals surface area contributed by atoms with Crippen LogP contribution in [-0.4, -0.2) is 15.9 Å². The van der Waals surface area contributed by atoms with Gasteiger partial charge in [0.2, 0.25) is 0 Å². The van der Waals surface area contributed by atoms with Crippen LogP contribution >= 0.6 is 15.9 Å². The van der Waals surface area contributed by atoms with Gasteiger partial charge in [-0.15, -0.1) is 0 Å². The molecule has 0 spiro atoms. The number of aromatic nitrogens is 2. The standard InChI is InChI=1S/C22H24BrN3O/c1-13-9-14(2)18(15(3)10-13)12-24-26-20(27)17-11-16(23)7-8-19(17)25-21(26)22(4,5)6/h7-12H,1-6H3. The van der Waals surface area contributed by atoms with Gasteiger partial charge >= 0.3 is 0 Å². The van der Waals surface area contributed by atoms with Crippen LogP contribution in [0.1, 0.15) is 48.8 Å². The average molecular weight is 426 g/mol. The Balaban J connectivity index is 2.27. The second-order valence-corrected chi connectivity index (χ2v) is 8.94. The van der Waals surface area contributed by atoms with Crippen LogP contribution in [0, 0.1) is 20.8 Å². The van der Waals surface area contributed by atoms with Crippen molar-refractivity contribution in [2.75, 3.05) is 0 Å². The van der Waals surface area contributed by atoms with Crippen molar-refractivity contribution in [2.45, 2.75) is 47.0 Å². The average Bonchev–Trinajstić information content (AvgIpc) is 2.54. The zero-order chi connectivity index (χ0) is 19.9. The maximum absolute atomic E-state index is 13.2. The van der Waals surface area contributed by atoms with Crippen molar-refractivity contribution in [3.05, 3.63) is 73.2 Å². The molecule has 0 unspecified atom stereocenters. The number of aryl methyl sites for hydroxylation is 3. The quantitative estimate of drug-likeness (QED) is 0.525. The van der Waals surface area contributed by atoms with E-state index in [1.54, 1.807) is 12.3 Å². The summed E-state index contributed by atoms with van der Waals surface area (Å²) in [6, 6.07) is 9.80. The summed E-state index contributed by atoms with van der Waals surface area (Å²) >= 11 is 3.44. The molecule has 0 aliphatic carbocycles. The minimum Gasteiger partial charge on any atom is -0.267 e. The highest BCUT2D eigenvalue weighted by Crippen LogP contribution is 2.23. The molecule has 0 N–H and O–H groups in total. The van der Waals surface area contributed by atoms with Gasteiger partial charge in [0.15, 0.2) is 0 Å². The highest BCUT2D eigenvalue weighted by molar-refractivity contribution is 9.10. The molecule has 3 rings (SSSR count). The monoisotopic (exact) mass is 425 g/mol. The molecular weight excluding hydrogens is 402 g/mol. The van der Waals surface area contributed by atoms with E-state index in [0.29, 0.717) is 16.7 Å². The second-order valence-electron chi connectivity index (χ2n) is 8.02. The number of benzene rings is 2. The van der Waals surface area contributed by atoms with Crippen LogP contribution in [0.2, 0.25) is 0 Å². The lowest BCUT2D eigenvalue weighted by Crippen LogP contribution is -2.29. The molecule has 0 amide bonds. The Morgan fingerprint density at radius 3 is 2.30 bits per heavy atom. The molecule has 1 aromatic heterocycles. The van der Waals surface area contributed by atoms with Gasteiger partial charge in [-0.2, -0.15) is 9.78 Å². The van der Waals surface area contributed by atoms with E-state index in [0.717, 1.165) is 21.2 Å². The molecular formula is C22H24BrN3O. The molecule has 0 bridgehead atoms. The number of halogens is 1. The van der Waals surface area contributed by atoms with Gasteiger partial charge in [0.05, 0.1) is 17.1 Å². The first-order valence-electron chi connectivity index (χ1n) is 8.93. The molecule has 0 saturated heterocycles. The van der Waals surface area contributed by atoms with E-state index in [4.69, 9.17) is 4.98 Å². The van der Waals surface area contributed by atoms with Gasteiger partial charge in [0.25, 0.3) is 5.56 Å². The summed E-state index contributed by atoms with van der Waals surface area (Å²) in [5.74, 6) is 0.640. The summed E-state index contributed by atoms with van der Waals surface area (Å²) in [5.41, 5.74) is 4.71. The number of hydrogen-bond acceptors (Lipinski definition) is 3. The fraction of sp³-hybridized carbons (Fsp3) is 0.318. The molecule has 0 aliphatic heterocycles. The minimum absolute atomic E-state index is 0.162. The first-order valence-corrected chi connectivity index (χ1v) is 9.72. The third kappa shape index (κ3) is 3.88. The van der Waals surface area contributed by atoms with E-state index in [9.17, 15) is 4.79 Å². The fourth-order valence-electron chi connectivity index (χ4n) is 3.25. The summed E-state index contributed by atoms with van der Waals surface area (Å²) in [6.45, 7) is 12.3. The smallest absolute Gasteiger partial charge is 0.267 e. The summed E-state index contributed by atoms with van der Waals surface area (Å²) in [7, 11) is 0. The van der Waals surface area contributed by atoms with Crippen LogP contribution in [0.4, 0.5) is 0 Å². The molecule has 0 saturated carbocycles. The molecule has 5 heteroatoms. The number of nitrogens with zero attached hydrogens (tertiary/aromatic N) is 3. The molecule has 3 aromatic rings. The number of rotatable bonds is 2. The van der Waals surface area contributed by atoms with Crippen LogP contribution in [-0.2, 0) is 5.41 Å². The molecule has 0 fully saturated rings. The Labute approximate surface area is 168 Å². The fourth-order valence-corrected chi connectivity index (χ4v) is 3.61. The second kappa shape index (κ2) is 7.04. The molecule has 0 radical (unpaired) electrons. The summed E-state index contributed by atoms with van der Waals surface area (Å²) in [6.07, 6.45) is 1.77. The SMILES string of the molecule is Cc1cc(C)c(C=Nn2c(C(C)(C)C)nc3ccc(Br)cc3c2=O)c(C)c1. The van der Waals surface area contributed by atoms with Gasteiger partial charge in [-0.25, -0.2) is 4.98 Å². The van der Waals surface area contributed by atoms with Crippen LogP contribution in [0.3, 0.4) is 0 Å². The molecule has 0 atom stereocenters. The molecule has 1 heterocycles. The van der Waals surface area contributed by atoms with Crippen LogP contribution in [0.5, 0.6) is 0 Å². The van der Waals surface area contributed by atoms with Crippen molar-refractivity contribution < 1.29 is 0 Å². The van der Waals surface area contributed by atoms with Crippen LogP contribution < -0.4 is 5.56 Å². The predicted molar refractivity (Wildman–Crippen MR) is 116 cm³/mol. The van der Waals surface area contributed by atoms with E-state index >= 15 is 0 Å². The van der Waals surface area contributed by atoms with Gasteiger partial charge in [-0.1, -0.05) is 54.4 Å². The molecule has 27 heavy (non-hydrogen) atoms. The largest absolute Gasteiger partial charge is 0.282 e. The third-order valence-corrected chi connectivity index (χ3v) is 5.01. The molecule has 0 aliphatic rings. The Kier molecular flexibility index (Phi) is 5.08. The lowest BCUT2D eigenvalue weighted by molar-refractivity contribution is 0.506. The van der Waals surface area contributed by atoms with Crippen molar-refractivity contribution in [2.24, 2.45) is 5.10 Å². The van der Waals surface area contributed by atoms with Crippen molar-refractivity contribution in [3.8, 4) is 0 Å². The van der Waals surface area contributed by atoms with Crippen molar-refractivity contribution in [3.63, 3.8) is 0 Å². The number of hydrogen-bond donors (Lipinski definition) is 0. The van der Waals surface area contributed by atoms with Gasteiger partial charge < -0.3 is 0 Å². The number of fused-ring (bicyclic) bond motifs is 1. The lowest BCUT2D eigenvalue weighted by atomic mass is 9.95. The van der Waals surface area contributed by atoms with Crippen molar-refractivity contribution >= 4 is 33.0 Å². The Morgan fingerprint density at radius 2 is 1.70 bits per heavy atom. The van der Waals surface area contributed by atoms with E-state index in [2.05, 4.69) is 53.9 Å². The first-order chi connectivity index (χ1) is 12.6. The van der Waals surface area contributed by atoms with Gasteiger partial charge in [-0.05, 0) is 50.1 Å². The molecule has 4 nitrogen and oxygen atoms in total. The third-order valence-electron chi connectivity index (χ3n) is 4.52. The summed E-state index contributed by atoms with van der Waals surface area (Å²) in [5, 5.41) is 5.12. The van der Waals surface area contributed by atoms with E-state index in [1.807, 2.05) is 32.9 Å². The highest BCUT2D eigenvalue weighted by atomic mass is 79.9. The Bertz CT molecular complexity index is 1100. The maximum atomic E-state index is 13.2. The van der Waals surface area contributed by atoms with Crippen LogP contribution in [0.15, 0.2) is 44.7 Å². The van der Waals surface area contributed by atoms with E-state index < -0.39 is 0 Å². The predicted octanol–water partition coefficient (Wildman–Crippen LogP) is 5.26. The Hall–Kier alpha value is -2.27. The topological polar surface area (TPSA) is 47.2 Å². The normalized spacial score (nSPS) is 12.3. The van der Waals surface area contributed by atoms with Crippen molar-refractivity contribution in [1.82, 2.24) is 9.66 Å². The highest BCUT2D eigenvalue weighted by Gasteiger charge is 2.23. The van der Waals surface area contributed by atoms with Gasteiger partial charge in [0, 0.05) is 15.5 Å². The van der Waals surface area contributed by atoms with Gasteiger partial charge in [-0.3, -0.25) is 4.79 Å². The van der Waals surface area contributed by atoms with Crippen molar-refractivity contribution in [1.29, 1.82) is 0 Å². The molecule has 140 valence electrons. The summed E-state index contributed by atoms with van der Waals surface area (Å²) < 4.78 is 2.28. The van der Waals surface area contributed by atoms with E-state index in [-0.39, 0.29) is 11.0 Å². The first kappa shape index (κ1) is 19.5. The maximum Gasteiger partial charge on any atom is 0.282 e. The van der Waals surface area contributed by atoms with Crippen LogP contribution in [0.25, 0.3) is 10.9 Å². The van der Waals surface area contributed by atoms with Gasteiger partial charge in [0.1, 0.15) is 5.82 Å². The summed E-state index contributed by atoms with van der Waals surface area (Å²) in [4.78, 5) is 17.9. The minimum atomic E-state index is -0.324. The van der Waals surface area contributed by atoms with E-state index in [1.165, 1.54) is 10.2 Å².